The summed E-state index contributed by atoms with van der Waals surface area (Å²) in [6.07, 6.45) is 8.83. The van der Waals surface area contributed by atoms with Gasteiger partial charge in [0.25, 0.3) is 0 Å². The van der Waals surface area contributed by atoms with Crippen molar-refractivity contribution in [3.05, 3.63) is 17.8 Å². The standard InChI is InChI=1S/C13H20N4/c1-2-3-4-7-11-10-12(14)16-13(15-11)17-8-5-6-9-17/h4,7,10H,2-3,5-6,8-9H2,1H3,(H2,14,15,16)/b7-4+. The molecule has 0 unspecified atom stereocenters. The van der Waals surface area contributed by atoms with E-state index >= 15 is 0 Å². The Morgan fingerprint density at radius 1 is 1.35 bits per heavy atom. The van der Waals surface area contributed by atoms with Crippen LogP contribution in [0.25, 0.3) is 6.08 Å². The molecule has 4 heteroatoms. The smallest absolute Gasteiger partial charge is 0.227 e. The molecular weight excluding hydrogens is 212 g/mol. The van der Waals surface area contributed by atoms with Gasteiger partial charge in [0.1, 0.15) is 5.82 Å². The van der Waals surface area contributed by atoms with Crippen molar-refractivity contribution in [2.24, 2.45) is 0 Å². The summed E-state index contributed by atoms with van der Waals surface area (Å²) < 4.78 is 0. The van der Waals surface area contributed by atoms with Crippen molar-refractivity contribution in [1.29, 1.82) is 0 Å². The molecule has 0 amide bonds. The zero-order chi connectivity index (χ0) is 12.1. The zero-order valence-electron chi connectivity index (χ0n) is 10.4. The van der Waals surface area contributed by atoms with E-state index in [1.807, 2.05) is 12.1 Å². The fourth-order valence-electron chi connectivity index (χ4n) is 1.99. The van der Waals surface area contributed by atoms with Gasteiger partial charge in [0.15, 0.2) is 0 Å². The van der Waals surface area contributed by atoms with Gasteiger partial charge in [-0.3, -0.25) is 0 Å². The van der Waals surface area contributed by atoms with Gasteiger partial charge in [-0.25, -0.2) is 4.98 Å². The maximum atomic E-state index is 5.82. The topological polar surface area (TPSA) is 55.0 Å². The van der Waals surface area contributed by atoms with E-state index in [0.717, 1.165) is 37.6 Å². The summed E-state index contributed by atoms with van der Waals surface area (Å²) in [6, 6.07) is 1.83. The average Bonchev–Trinajstić information content (AvgIpc) is 2.82. The first-order chi connectivity index (χ1) is 8.29. The molecule has 0 atom stereocenters. The summed E-state index contributed by atoms with van der Waals surface area (Å²) in [7, 11) is 0. The second-order valence-electron chi connectivity index (χ2n) is 4.40. The summed E-state index contributed by atoms with van der Waals surface area (Å²) in [4.78, 5) is 11.0. The molecule has 1 aromatic rings. The minimum atomic E-state index is 0.554. The lowest BCUT2D eigenvalue weighted by molar-refractivity contribution is 0.898. The molecule has 17 heavy (non-hydrogen) atoms. The lowest BCUT2D eigenvalue weighted by Crippen LogP contribution is -2.21. The number of anilines is 2. The molecule has 0 aliphatic carbocycles. The Bertz CT molecular complexity index is 394. The van der Waals surface area contributed by atoms with E-state index < -0.39 is 0 Å². The second kappa shape index (κ2) is 5.66. The quantitative estimate of drug-likeness (QED) is 0.866. The van der Waals surface area contributed by atoms with E-state index in [9.17, 15) is 0 Å². The van der Waals surface area contributed by atoms with E-state index in [1.165, 1.54) is 12.8 Å². The molecule has 0 saturated carbocycles. The number of nitrogens with two attached hydrogens (primary N) is 1. The van der Waals surface area contributed by atoms with Crippen LogP contribution in [0.3, 0.4) is 0 Å². The Balaban J connectivity index is 2.16. The Morgan fingerprint density at radius 2 is 2.12 bits per heavy atom. The third-order valence-electron chi connectivity index (χ3n) is 2.89. The van der Waals surface area contributed by atoms with Crippen molar-refractivity contribution < 1.29 is 0 Å². The van der Waals surface area contributed by atoms with Gasteiger partial charge in [0.05, 0.1) is 5.69 Å². The third-order valence-corrected chi connectivity index (χ3v) is 2.89. The minimum absolute atomic E-state index is 0.554. The molecule has 0 bridgehead atoms. The summed E-state index contributed by atoms with van der Waals surface area (Å²) >= 11 is 0. The van der Waals surface area contributed by atoms with Gasteiger partial charge in [0, 0.05) is 19.2 Å². The van der Waals surface area contributed by atoms with Crippen LogP contribution in [0.2, 0.25) is 0 Å². The normalized spacial score (nSPS) is 15.9. The molecule has 1 aliphatic rings. The van der Waals surface area contributed by atoms with Crippen LogP contribution in [0.4, 0.5) is 11.8 Å². The lowest BCUT2D eigenvalue weighted by atomic mass is 10.3. The predicted molar refractivity (Wildman–Crippen MR) is 71.8 cm³/mol. The predicted octanol–water partition coefficient (Wildman–Crippen LogP) is 2.47. The lowest BCUT2D eigenvalue weighted by Gasteiger charge is -2.15. The van der Waals surface area contributed by atoms with Crippen LogP contribution in [0.15, 0.2) is 12.1 Å². The van der Waals surface area contributed by atoms with Crippen LogP contribution in [-0.2, 0) is 0 Å². The number of allylic oxidation sites excluding steroid dienone is 1. The van der Waals surface area contributed by atoms with Crippen LogP contribution in [0.1, 0.15) is 38.3 Å². The molecule has 2 heterocycles. The Labute approximate surface area is 103 Å². The number of hydrogen-bond acceptors (Lipinski definition) is 4. The summed E-state index contributed by atoms with van der Waals surface area (Å²) in [6.45, 7) is 4.25. The van der Waals surface area contributed by atoms with Crippen LogP contribution in [-0.4, -0.2) is 23.1 Å². The Morgan fingerprint density at radius 3 is 2.82 bits per heavy atom. The van der Waals surface area contributed by atoms with Gasteiger partial charge in [-0.15, -0.1) is 0 Å². The van der Waals surface area contributed by atoms with Crippen molar-refractivity contribution in [3.8, 4) is 0 Å². The molecule has 92 valence electrons. The fourth-order valence-corrected chi connectivity index (χ4v) is 1.99. The first-order valence-corrected chi connectivity index (χ1v) is 6.35. The summed E-state index contributed by atoms with van der Waals surface area (Å²) in [5.41, 5.74) is 6.73. The van der Waals surface area contributed by atoms with Crippen LogP contribution in [0, 0.1) is 0 Å². The average molecular weight is 232 g/mol. The molecule has 1 aliphatic heterocycles. The number of rotatable bonds is 4. The van der Waals surface area contributed by atoms with E-state index in [-0.39, 0.29) is 0 Å². The highest BCUT2D eigenvalue weighted by Crippen LogP contribution is 2.18. The van der Waals surface area contributed by atoms with Gasteiger partial charge in [-0.1, -0.05) is 19.4 Å². The van der Waals surface area contributed by atoms with Gasteiger partial charge < -0.3 is 10.6 Å². The molecule has 2 rings (SSSR count). The maximum absolute atomic E-state index is 5.82. The van der Waals surface area contributed by atoms with E-state index in [0.29, 0.717) is 5.82 Å². The first-order valence-electron chi connectivity index (χ1n) is 6.35. The van der Waals surface area contributed by atoms with E-state index in [1.54, 1.807) is 0 Å². The molecular formula is C13H20N4. The number of aromatic nitrogens is 2. The highest BCUT2D eigenvalue weighted by Gasteiger charge is 2.15. The second-order valence-corrected chi connectivity index (χ2v) is 4.40. The summed E-state index contributed by atoms with van der Waals surface area (Å²) in [5, 5.41) is 0. The molecule has 2 N–H and O–H groups in total. The largest absolute Gasteiger partial charge is 0.384 e. The number of unbranched alkanes of at least 4 members (excludes halogenated alkanes) is 1. The number of nitrogen functional groups attached to an aromatic ring is 1. The highest BCUT2D eigenvalue weighted by molar-refractivity contribution is 5.52. The van der Waals surface area contributed by atoms with Crippen molar-refractivity contribution in [2.75, 3.05) is 23.7 Å². The van der Waals surface area contributed by atoms with Crippen LogP contribution < -0.4 is 10.6 Å². The third kappa shape index (κ3) is 3.19. The van der Waals surface area contributed by atoms with Crippen LogP contribution in [0.5, 0.6) is 0 Å². The molecule has 1 aromatic heterocycles. The van der Waals surface area contributed by atoms with Gasteiger partial charge in [0.2, 0.25) is 5.95 Å². The monoisotopic (exact) mass is 232 g/mol. The van der Waals surface area contributed by atoms with Crippen molar-refractivity contribution in [3.63, 3.8) is 0 Å². The minimum Gasteiger partial charge on any atom is -0.384 e. The first kappa shape index (κ1) is 11.9. The summed E-state index contributed by atoms with van der Waals surface area (Å²) in [5.74, 6) is 1.33. The van der Waals surface area contributed by atoms with E-state index in [2.05, 4.69) is 27.9 Å². The molecule has 1 fully saturated rings. The van der Waals surface area contributed by atoms with Crippen molar-refractivity contribution >= 4 is 17.8 Å². The fraction of sp³-hybridized carbons (Fsp3) is 0.538. The van der Waals surface area contributed by atoms with Gasteiger partial charge in [-0.2, -0.15) is 4.98 Å². The SMILES string of the molecule is CCC/C=C/c1cc(N)nc(N2CCCC2)n1. The molecule has 1 saturated heterocycles. The molecule has 0 radical (unpaired) electrons. The Hall–Kier alpha value is -1.58. The maximum Gasteiger partial charge on any atom is 0.227 e. The molecule has 0 spiro atoms. The number of nitrogens with zero attached hydrogens (tertiary/aromatic N) is 3. The van der Waals surface area contributed by atoms with Gasteiger partial charge in [-0.05, 0) is 25.3 Å². The highest BCUT2D eigenvalue weighted by atomic mass is 15.3. The molecule has 4 nitrogen and oxygen atoms in total. The van der Waals surface area contributed by atoms with E-state index in [4.69, 9.17) is 5.73 Å². The van der Waals surface area contributed by atoms with Gasteiger partial charge >= 0.3 is 0 Å². The Kier molecular flexibility index (Phi) is 3.96. The van der Waals surface area contributed by atoms with Crippen molar-refractivity contribution in [1.82, 2.24) is 9.97 Å². The molecule has 0 aromatic carbocycles. The van der Waals surface area contributed by atoms with Crippen molar-refractivity contribution in [2.45, 2.75) is 32.6 Å². The number of hydrogen-bond donors (Lipinski definition) is 1. The zero-order valence-corrected chi connectivity index (χ0v) is 10.4. The van der Waals surface area contributed by atoms with Crippen LogP contribution >= 0.6 is 0 Å².